The quantitative estimate of drug-likeness (QED) is 0.427. The molecule has 0 saturated heterocycles. The van der Waals surface area contributed by atoms with Gasteiger partial charge in [0.05, 0.1) is 0 Å². The van der Waals surface area contributed by atoms with E-state index in [2.05, 4.69) is 54.6 Å². The summed E-state index contributed by atoms with van der Waals surface area (Å²) in [6.07, 6.45) is 0. The standard InChI is InChI=1S/C2H6Si.6C2H5.2Sn/c1-3-2;6*1-2;;/h1-2H3;6*1H2,2H3;;. The Hall–Kier alpha value is 1.81. The molecule has 0 N–H and O–H groups in total. The molecule has 0 rings (SSSR count). The van der Waals surface area contributed by atoms with Crippen molar-refractivity contribution in [3.8, 4) is 0 Å². The van der Waals surface area contributed by atoms with Crippen molar-refractivity contribution in [1.82, 2.24) is 0 Å². The minimum atomic E-state index is -0.653. The van der Waals surface area contributed by atoms with Crippen molar-refractivity contribution in [3.63, 3.8) is 0 Å². The van der Waals surface area contributed by atoms with Crippen LogP contribution in [0.3, 0.4) is 0 Å². The Labute approximate surface area is 129 Å². The fourth-order valence-electron chi connectivity index (χ4n) is 1.50. The van der Waals surface area contributed by atoms with Crippen molar-refractivity contribution in [2.45, 2.75) is 81.3 Å². The van der Waals surface area contributed by atoms with Crippen LogP contribution in [0.25, 0.3) is 0 Å². The van der Waals surface area contributed by atoms with E-state index in [4.69, 9.17) is 0 Å². The zero-order valence-corrected chi connectivity index (χ0v) is 20.5. The van der Waals surface area contributed by atoms with Gasteiger partial charge >= 0.3 is 108 Å². The Bertz CT molecular complexity index is 79.4. The number of hydrogen-bond acceptors (Lipinski definition) is 0. The van der Waals surface area contributed by atoms with Crippen LogP contribution in [0.15, 0.2) is 0 Å². The molecule has 0 aromatic heterocycles. The van der Waals surface area contributed by atoms with Crippen molar-refractivity contribution in [1.29, 1.82) is 0 Å². The SMILES string of the molecule is C[CH2][Sn]([CH2]C)[CH2]C.C[CH2][Sn]([CH2]C)[CH2]C.C[Si]C. The van der Waals surface area contributed by atoms with E-state index in [1.165, 1.54) is 0 Å². The molecule has 17 heavy (non-hydrogen) atoms. The minimum absolute atomic E-state index is 0.653. The molecule has 0 amide bonds. The first-order valence-corrected chi connectivity index (χ1v) is 21.5. The topological polar surface area (TPSA) is 0 Å². The smallest absolute Gasteiger partial charge is 0.0307 e. The Morgan fingerprint density at radius 1 is 0.529 bits per heavy atom. The molecule has 3 heteroatoms. The van der Waals surface area contributed by atoms with Gasteiger partial charge in [-0.1, -0.05) is 13.1 Å². The zero-order chi connectivity index (χ0) is 14.1. The summed E-state index contributed by atoms with van der Waals surface area (Å²) in [6, 6.07) is 0. The average molecular weight is 470 g/mol. The third-order valence-corrected chi connectivity index (χ3v) is 20.1. The van der Waals surface area contributed by atoms with Crippen LogP contribution in [-0.2, 0) is 0 Å². The molecule has 4 radical (unpaired) electrons. The third-order valence-electron chi connectivity index (χ3n) is 3.00. The molecule has 0 aromatic carbocycles. The summed E-state index contributed by atoms with van der Waals surface area (Å²) in [7, 11) is 1.08. The van der Waals surface area contributed by atoms with Crippen LogP contribution in [0.4, 0.5) is 0 Å². The van der Waals surface area contributed by atoms with Crippen molar-refractivity contribution >= 4 is 49.0 Å². The van der Waals surface area contributed by atoms with Crippen LogP contribution < -0.4 is 0 Å². The van der Waals surface area contributed by atoms with E-state index in [0.29, 0.717) is 0 Å². The maximum Gasteiger partial charge on any atom is 0.0307 e. The monoisotopic (exact) mass is 472 g/mol. The zero-order valence-electron chi connectivity index (χ0n) is 13.7. The summed E-state index contributed by atoms with van der Waals surface area (Å²) in [6.45, 7) is 18.4. The first-order valence-electron chi connectivity index (χ1n) is 7.36. The summed E-state index contributed by atoms with van der Waals surface area (Å²) < 4.78 is 9.30. The molecule has 0 aliphatic rings. The van der Waals surface area contributed by atoms with E-state index in [1.807, 2.05) is 0 Å². The van der Waals surface area contributed by atoms with Crippen LogP contribution in [0.5, 0.6) is 0 Å². The largest absolute Gasteiger partial charge is 0.0735 e. The Kier molecular flexibility index (Phi) is 32.2. The molecule has 0 aliphatic carbocycles. The molecule has 0 heterocycles. The normalized spacial score (nSPS) is 9.53. The fourth-order valence-corrected chi connectivity index (χ4v) is 10.1. The van der Waals surface area contributed by atoms with Gasteiger partial charge in [-0.2, -0.15) is 0 Å². The molecule has 0 aliphatic heterocycles. The van der Waals surface area contributed by atoms with Gasteiger partial charge in [0, 0.05) is 9.52 Å². The second-order valence-corrected chi connectivity index (χ2v) is 25.8. The van der Waals surface area contributed by atoms with Crippen LogP contribution in [0.2, 0.25) is 39.7 Å². The van der Waals surface area contributed by atoms with Crippen LogP contribution in [0, 0.1) is 0 Å². The second kappa shape index (κ2) is 22.9. The van der Waals surface area contributed by atoms with Crippen molar-refractivity contribution in [2.75, 3.05) is 0 Å². The van der Waals surface area contributed by atoms with Gasteiger partial charge in [0.15, 0.2) is 0 Å². The van der Waals surface area contributed by atoms with Gasteiger partial charge in [0.1, 0.15) is 0 Å². The molecule has 0 aromatic rings. The number of hydrogen-bond donors (Lipinski definition) is 0. The van der Waals surface area contributed by atoms with E-state index in [0.717, 1.165) is 9.52 Å². The summed E-state index contributed by atoms with van der Waals surface area (Å²) in [5, 5.41) is 0. The van der Waals surface area contributed by atoms with E-state index < -0.39 is 39.5 Å². The Balaban J connectivity index is -0.000000188. The molecule has 104 valence electrons. The van der Waals surface area contributed by atoms with Gasteiger partial charge in [-0.3, -0.25) is 0 Å². The van der Waals surface area contributed by atoms with Gasteiger partial charge in [-0.05, 0) is 0 Å². The van der Waals surface area contributed by atoms with Gasteiger partial charge in [-0.15, -0.1) is 0 Å². The fraction of sp³-hybridized carbons (Fsp3) is 1.00. The van der Waals surface area contributed by atoms with E-state index >= 15 is 0 Å². The maximum absolute atomic E-state index is 2.35. The maximum atomic E-state index is 2.35. The van der Waals surface area contributed by atoms with Gasteiger partial charge < -0.3 is 0 Å². The summed E-state index contributed by atoms with van der Waals surface area (Å²) in [5.41, 5.74) is 0. The van der Waals surface area contributed by atoms with Gasteiger partial charge in [0.2, 0.25) is 0 Å². The molecule has 0 fully saturated rings. The van der Waals surface area contributed by atoms with Crippen molar-refractivity contribution in [3.05, 3.63) is 0 Å². The van der Waals surface area contributed by atoms with E-state index in [9.17, 15) is 0 Å². The van der Waals surface area contributed by atoms with Gasteiger partial charge in [-0.25, -0.2) is 0 Å². The summed E-state index contributed by atoms with van der Waals surface area (Å²) in [4.78, 5) is 0. The molecule has 0 spiro atoms. The summed E-state index contributed by atoms with van der Waals surface area (Å²) >= 11 is -1.31. The van der Waals surface area contributed by atoms with E-state index in [1.54, 1.807) is 26.6 Å². The second-order valence-electron chi connectivity index (χ2n) is 4.12. The molecular formula is C14H36SiSn2. The van der Waals surface area contributed by atoms with Crippen LogP contribution in [-0.4, -0.2) is 49.0 Å². The molecule has 0 bridgehead atoms. The Morgan fingerprint density at radius 3 is 0.647 bits per heavy atom. The number of rotatable bonds is 6. The Morgan fingerprint density at radius 2 is 0.647 bits per heavy atom. The van der Waals surface area contributed by atoms with Gasteiger partial charge in [0.25, 0.3) is 0 Å². The molecule has 0 saturated carbocycles. The molecule has 0 atom stereocenters. The predicted molar refractivity (Wildman–Crippen MR) is 91.9 cm³/mol. The minimum Gasteiger partial charge on any atom is -0.0735 e. The first-order chi connectivity index (χ1) is 8.11. The van der Waals surface area contributed by atoms with Crippen molar-refractivity contribution in [2.24, 2.45) is 0 Å². The molecular weight excluding hydrogens is 434 g/mol. The molecule has 0 nitrogen and oxygen atoms in total. The predicted octanol–water partition coefficient (Wildman–Crippen LogP) is 5.87. The van der Waals surface area contributed by atoms with Crippen LogP contribution in [0.1, 0.15) is 41.5 Å². The van der Waals surface area contributed by atoms with E-state index in [-0.39, 0.29) is 0 Å². The van der Waals surface area contributed by atoms with Crippen LogP contribution >= 0.6 is 0 Å². The third kappa shape index (κ3) is 23.3. The average Bonchev–Trinajstić information content (AvgIpc) is 2.35. The molecule has 0 unspecified atom stereocenters. The summed E-state index contributed by atoms with van der Waals surface area (Å²) in [5.74, 6) is 0. The first kappa shape index (κ1) is 23.9. The van der Waals surface area contributed by atoms with Crippen molar-refractivity contribution < 1.29 is 0 Å².